The highest BCUT2D eigenvalue weighted by Gasteiger charge is 2.52. The quantitative estimate of drug-likeness (QED) is 0.844. The Morgan fingerprint density at radius 2 is 2.28 bits per heavy atom. The van der Waals surface area contributed by atoms with Crippen LogP contribution in [-0.2, 0) is 5.54 Å². The fourth-order valence-corrected chi connectivity index (χ4v) is 5.64. The molecule has 6 nitrogen and oxygen atoms in total. The van der Waals surface area contributed by atoms with Crippen molar-refractivity contribution in [2.75, 3.05) is 23.7 Å². The smallest absolute Gasteiger partial charge is 0.225 e. The van der Waals surface area contributed by atoms with E-state index in [1.165, 1.54) is 11.1 Å². The van der Waals surface area contributed by atoms with Gasteiger partial charge in [-0.05, 0) is 5.92 Å². The molecule has 2 fully saturated rings. The van der Waals surface area contributed by atoms with Gasteiger partial charge in [0.2, 0.25) is 5.95 Å². The molecule has 0 spiro atoms. The van der Waals surface area contributed by atoms with Gasteiger partial charge in [0.1, 0.15) is 5.50 Å². The highest BCUT2D eigenvalue weighted by Crippen LogP contribution is 2.44. The molecule has 0 aliphatic carbocycles. The summed E-state index contributed by atoms with van der Waals surface area (Å²) in [5, 5.41) is 3.58. The number of aromatic nitrogens is 3. The minimum atomic E-state index is -0.344. The van der Waals surface area contributed by atoms with Gasteiger partial charge in [-0.1, -0.05) is 13.8 Å². The van der Waals surface area contributed by atoms with Crippen molar-refractivity contribution in [1.82, 2.24) is 20.3 Å². The van der Waals surface area contributed by atoms with Crippen LogP contribution in [0.4, 0.5) is 10.3 Å². The van der Waals surface area contributed by atoms with Crippen LogP contribution in [0.15, 0.2) is 17.9 Å². The first-order valence-electron chi connectivity index (χ1n) is 8.31. The van der Waals surface area contributed by atoms with Crippen LogP contribution in [0.3, 0.4) is 0 Å². The van der Waals surface area contributed by atoms with E-state index in [1.54, 1.807) is 23.1 Å². The molecule has 0 amide bonds. The zero-order chi connectivity index (χ0) is 17.6. The summed E-state index contributed by atoms with van der Waals surface area (Å²) in [5.41, 5.74) is 8.14. The number of nitrogens with two attached hydrogens (primary N) is 1. The largest absolute Gasteiger partial charge is 0.338 e. The molecule has 2 aromatic rings. The Hall–Kier alpha value is -1.29. The van der Waals surface area contributed by atoms with Crippen molar-refractivity contribution < 1.29 is 4.39 Å². The number of thiazole rings is 1. The molecule has 9 heteroatoms. The van der Waals surface area contributed by atoms with Gasteiger partial charge in [0.15, 0.2) is 5.82 Å². The van der Waals surface area contributed by atoms with Gasteiger partial charge in [-0.25, -0.2) is 14.4 Å². The maximum Gasteiger partial charge on any atom is 0.225 e. The predicted molar refractivity (Wildman–Crippen MR) is 99.1 cm³/mol. The molecule has 1 unspecified atom stereocenters. The van der Waals surface area contributed by atoms with E-state index in [-0.39, 0.29) is 22.8 Å². The minimum absolute atomic E-state index is 0.0178. The van der Waals surface area contributed by atoms with Crippen LogP contribution in [0.2, 0.25) is 0 Å². The number of thioether (sulfide) groups is 1. The molecule has 0 aromatic carbocycles. The number of nitrogens with zero attached hydrogens (tertiary/aromatic N) is 4. The molecule has 134 valence electrons. The van der Waals surface area contributed by atoms with Crippen molar-refractivity contribution in [3.63, 3.8) is 0 Å². The first kappa shape index (κ1) is 17.1. The van der Waals surface area contributed by atoms with Crippen LogP contribution < -0.4 is 16.0 Å². The normalized spacial score (nSPS) is 29.2. The zero-order valence-electron chi connectivity index (χ0n) is 14.1. The van der Waals surface area contributed by atoms with Crippen LogP contribution >= 0.6 is 23.1 Å². The molecule has 0 radical (unpaired) electrons. The average molecular weight is 381 g/mol. The second kappa shape index (κ2) is 6.46. The van der Waals surface area contributed by atoms with Gasteiger partial charge in [0, 0.05) is 35.8 Å². The van der Waals surface area contributed by atoms with E-state index in [4.69, 9.17) is 5.73 Å². The lowest BCUT2D eigenvalue weighted by molar-refractivity contribution is 0.279. The van der Waals surface area contributed by atoms with Crippen molar-refractivity contribution in [2.45, 2.75) is 30.8 Å². The van der Waals surface area contributed by atoms with Crippen LogP contribution in [0.25, 0.3) is 0 Å². The van der Waals surface area contributed by atoms with Crippen LogP contribution in [-0.4, -0.2) is 39.3 Å². The van der Waals surface area contributed by atoms with Gasteiger partial charge in [-0.2, -0.15) is 0 Å². The highest BCUT2D eigenvalue weighted by atomic mass is 32.2. The highest BCUT2D eigenvalue weighted by molar-refractivity contribution is 7.99. The lowest BCUT2D eigenvalue weighted by Gasteiger charge is -2.41. The SMILES string of the molecule is CC(C)c1nc(N2C[C@H]3CSC(N)N[C@@]3(c3cncs3)C2)ncc1F. The summed E-state index contributed by atoms with van der Waals surface area (Å²) in [4.78, 5) is 16.3. The number of halogens is 1. The summed E-state index contributed by atoms with van der Waals surface area (Å²) >= 11 is 3.36. The van der Waals surface area contributed by atoms with Crippen molar-refractivity contribution in [1.29, 1.82) is 0 Å². The molecule has 0 bridgehead atoms. The second-order valence-corrected chi connectivity index (χ2v) is 8.93. The number of rotatable bonds is 3. The van der Waals surface area contributed by atoms with Crippen molar-refractivity contribution in [3.05, 3.63) is 34.3 Å². The number of anilines is 1. The van der Waals surface area contributed by atoms with Gasteiger partial charge >= 0.3 is 0 Å². The Kier molecular flexibility index (Phi) is 4.43. The van der Waals surface area contributed by atoms with E-state index in [9.17, 15) is 4.39 Å². The van der Waals surface area contributed by atoms with E-state index in [2.05, 4.69) is 25.2 Å². The Bertz CT molecular complexity index is 755. The third-order valence-electron chi connectivity index (χ3n) is 4.91. The lowest BCUT2D eigenvalue weighted by atomic mass is 9.87. The fraction of sp³-hybridized carbons (Fsp3) is 0.562. The monoisotopic (exact) mass is 380 g/mol. The van der Waals surface area contributed by atoms with E-state index in [1.807, 2.05) is 25.6 Å². The summed E-state index contributed by atoms with van der Waals surface area (Å²) in [6, 6.07) is 0. The van der Waals surface area contributed by atoms with Crippen LogP contribution in [0.1, 0.15) is 30.3 Å². The predicted octanol–water partition coefficient (Wildman–Crippen LogP) is 2.11. The molecule has 2 saturated heterocycles. The molecule has 4 rings (SSSR count). The molecular weight excluding hydrogens is 359 g/mol. The molecule has 25 heavy (non-hydrogen) atoms. The molecule has 2 aliphatic rings. The number of hydrogen-bond donors (Lipinski definition) is 2. The lowest BCUT2D eigenvalue weighted by Crippen LogP contribution is -2.58. The van der Waals surface area contributed by atoms with E-state index in [0.717, 1.165) is 12.3 Å². The molecule has 3 N–H and O–H groups in total. The van der Waals surface area contributed by atoms with Gasteiger partial charge in [0.25, 0.3) is 0 Å². The Morgan fingerprint density at radius 1 is 1.44 bits per heavy atom. The van der Waals surface area contributed by atoms with E-state index in [0.29, 0.717) is 24.1 Å². The Morgan fingerprint density at radius 3 is 3.00 bits per heavy atom. The van der Waals surface area contributed by atoms with Gasteiger partial charge in [-0.15, -0.1) is 23.1 Å². The average Bonchev–Trinajstić information content (AvgIpc) is 3.22. The molecule has 0 saturated carbocycles. The van der Waals surface area contributed by atoms with Crippen molar-refractivity contribution >= 4 is 29.0 Å². The zero-order valence-corrected chi connectivity index (χ0v) is 15.8. The number of nitrogens with one attached hydrogen (secondary N) is 1. The van der Waals surface area contributed by atoms with Crippen LogP contribution in [0, 0.1) is 11.7 Å². The van der Waals surface area contributed by atoms with Gasteiger partial charge in [0.05, 0.1) is 22.9 Å². The first-order valence-corrected chi connectivity index (χ1v) is 10.2. The van der Waals surface area contributed by atoms with Gasteiger partial charge in [-0.3, -0.25) is 10.3 Å². The summed E-state index contributed by atoms with van der Waals surface area (Å²) in [5.74, 6) is 1.59. The van der Waals surface area contributed by atoms with Crippen LogP contribution in [0.5, 0.6) is 0 Å². The third-order valence-corrected chi connectivity index (χ3v) is 6.94. The topological polar surface area (TPSA) is 80.0 Å². The number of hydrogen-bond acceptors (Lipinski definition) is 8. The minimum Gasteiger partial charge on any atom is -0.338 e. The molecule has 4 heterocycles. The summed E-state index contributed by atoms with van der Waals surface area (Å²) in [7, 11) is 0. The molecular formula is C16H21FN6S2. The molecule has 2 aliphatic heterocycles. The van der Waals surface area contributed by atoms with Crippen molar-refractivity contribution in [2.24, 2.45) is 11.7 Å². The van der Waals surface area contributed by atoms with Crippen molar-refractivity contribution in [3.8, 4) is 0 Å². The third kappa shape index (κ3) is 2.92. The maximum absolute atomic E-state index is 14.0. The number of fused-ring (bicyclic) bond motifs is 1. The second-order valence-electron chi connectivity index (χ2n) is 6.87. The van der Waals surface area contributed by atoms with E-state index < -0.39 is 0 Å². The summed E-state index contributed by atoms with van der Waals surface area (Å²) in [6.07, 6.45) is 3.20. The molecule has 2 aromatic heterocycles. The first-order chi connectivity index (χ1) is 12.0. The Labute approximate surface area is 154 Å². The maximum atomic E-state index is 14.0. The summed E-state index contributed by atoms with van der Waals surface area (Å²) < 4.78 is 14.0. The molecule has 3 atom stereocenters. The standard InChI is InChI=1S/C16H21FN6S2/c1-9(2)13-11(17)3-20-15(21-13)23-5-10-6-24-14(18)22-16(10,7-23)12-4-19-8-25-12/h3-4,8-10,14,22H,5-7,18H2,1-2H3/t10-,14?,16-/m0/s1. The summed E-state index contributed by atoms with van der Waals surface area (Å²) in [6.45, 7) is 5.40. The Balaban J connectivity index is 1.69. The van der Waals surface area contributed by atoms with Gasteiger partial charge < -0.3 is 10.6 Å². The van der Waals surface area contributed by atoms with E-state index >= 15 is 0 Å². The fourth-order valence-electron chi connectivity index (χ4n) is 3.66.